The van der Waals surface area contributed by atoms with E-state index in [1.54, 1.807) is 12.3 Å². The van der Waals surface area contributed by atoms with Crippen molar-refractivity contribution in [2.45, 2.75) is 31.7 Å². The number of piperidine rings is 1. The lowest BCUT2D eigenvalue weighted by Crippen LogP contribution is -2.40. The number of hydrogen-bond acceptors (Lipinski definition) is 4. The molecule has 0 spiro atoms. The predicted molar refractivity (Wildman–Crippen MR) is 91.7 cm³/mol. The smallest absolute Gasteiger partial charge is 0.328 e. The van der Waals surface area contributed by atoms with Crippen molar-refractivity contribution in [3.63, 3.8) is 0 Å². The van der Waals surface area contributed by atoms with Gasteiger partial charge in [-0.25, -0.2) is 9.78 Å². The van der Waals surface area contributed by atoms with Crippen molar-refractivity contribution in [1.82, 2.24) is 9.88 Å². The lowest BCUT2D eigenvalue weighted by atomic mass is 10.0. The standard InChI is InChI=1S/C17H22ClN3O2/c18-15-9-13(3-4-16(22)23)10-19-17(15)20-14-5-7-21(8-6-14)11-12-1-2-12/h3-4,9-10,12,14H,1-2,5-8,11H2,(H,19,20)(H,22,23). The maximum Gasteiger partial charge on any atom is 0.328 e. The minimum atomic E-state index is -0.985. The largest absolute Gasteiger partial charge is 0.478 e. The van der Waals surface area contributed by atoms with Crippen LogP contribution in [0.3, 0.4) is 0 Å². The summed E-state index contributed by atoms with van der Waals surface area (Å²) in [5, 5.41) is 12.6. The molecule has 2 aliphatic rings. The summed E-state index contributed by atoms with van der Waals surface area (Å²) < 4.78 is 0. The molecule has 23 heavy (non-hydrogen) atoms. The molecule has 0 unspecified atom stereocenters. The number of pyridine rings is 1. The Morgan fingerprint density at radius 3 is 2.74 bits per heavy atom. The first kappa shape index (κ1) is 16.3. The molecule has 0 amide bonds. The third kappa shape index (κ3) is 4.94. The second kappa shape index (κ2) is 7.32. The van der Waals surface area contributed by atoms with Gasteiger partial charge in [0.15, 0.2) is 0 Å². The maximum absolute atomic E-state index is 10.5. The monoisotopic (exact) mass is 335 g/mol. The molecule has 6 heteroatoms. The van der Waals surface area contributed by atoms with Gasteiger partial charge in [-0.2, -0.15) is 0 Å². The molecular weight excluding hydrogens is 314 g/mol. The van der Waals surface area contributed by atoms with Crippen molar-refractivity contribution in [1.29, 1.82) is 0 Å². The van der Waals surface area contributed by atoms with E-state index in [2.05, 4.69) is 15.2 Å². The fourth-order valence-corrected chi connectivity index (χ4v) is 3.17. The van der Waals surface area contributed by atoms with Gasteiger partial charge < -0.3 is 15.3 Å². The summed E-state index contributed by atoms with van der Waals surface area (Å²) in [6.07, 6.45) is 9.21. The summed E-state index contributed by atoms with van der Waals surface area (Å²) in [6.45, 7) is 3.52. The summed E-state index contributed by atoms with van der Waals surface area (Å²) in [7, 11) is 0. The Hall–Kier alpha value is -1.59. The Balaban J connectivity index is 1.52. The Labute approximate surface area is 141 Å². The lowest BCUT2D eigenvalue weighted by molar-refractivity contribution is -0.131. The minimum absolute atomic E-state index is 0.399. The minimum Gasteiger partial charge on any atom is -0.478 e. The van der Waals surface area contributed by atoms with Crippen LogP contribution in [0.15, 0.2) is 18.3 Å². The molecule has 2 N–H and O–H groups in total. The Bertz CT molecular complexity index is 594. The van der Waals surface area contributed by atoms with E-state index in [0.717, 1.165) is 37.9 Å². The van der Waals surface area contributed by atoms with Gasteiger partial charge in [-0.3, -0.25) is 0 Å². The molecule has 1 aromatic heterocycles. The van der Waals surface area contributed by atoms with Gasteiger partial charge in [0.2, 0.25) is 0 Å². The highest BCUT2D eigenvalue weighted by Gasteiger charge is 2.27. The number of aromatic nitrogens is 1. The number of nitrogens with one attached hydrogen (secondary N) is 1. The molecule has 2 fully saturated rings. The zero-order valence-corrected chi connectivity index (χ0v) is 13.8. The Morgan fingerprint density at radius 2 is 2.13 bits per heavy atom. The molecule has 1 aliphatic carbocycles. The van der Waals surface area contributed by atoms with Crippen molar-refractivity contribution in [3.8, 4) is 0 Å². The molecule has 0 aromatic carbocycles. The predicted octanol–water partition coefficient (Wildman–Crippen LogP) is 3.12. The van der Waals surface area contributed by atoms with Gasteiger partial charge in [-0.05, 0) is 49.3 Å². The summed E-state index contributed by atoms with van der Waals surface area (Å²) in [5.41, 5.74) is 0.683. The number of carboxylic acid groups (broad SMARTS) is 1. The van der Waals surface area contributed by atoms with E-state index < -0.39 is 5.97 Å². The van der Waals surface area contributed by atoms with E-state index >= 15 is 0 Å². The number of hydrogen-bond donors (Lipinski definition) is 2. The molecule has 0 radical (unpaired) electrons. The van der Waals surface area contributed by atoms with Crippen LogP contribution in [-0.4, -0.2) is 46.6 Å². The summed E-state index contributed by atoms with van der Waals surface area (Å²) in [5.74, 6) is 0.642. The molecule has 1 aromatic rings. The third-order valence-corrected chi connectivity index (χ3v) is 4.71. The number of likely N-dealkylation sites (tertiary alicyclic amines) is 1. The molecule has 1 saturated carbocycles. The van der Waals surface area contributed by atoms with Crippen molar-refractivity contribution >= 4 is 29.5 Å². The number of anilines is 1. The highest BCUT2D eigenvalue weighted by atomic mass is 35.5. The van der Waals surface area contributed by atoms with Crippen LogP contribution in [0.4, 0.5) is 5.82 Å². The van der Waals surface area contributed by atoms with Gasteiger partial charge in [0, 0.05) is 37.9 Å². The van der Waals surface area contributed by atoms with Crippen molar-refractivity contribution in [3.05, 3.63) is 28.9 Å². The van der Waals surface area contributed by atoms with E-state index in [1.807, 2.05) is 0 Å². The number of aliphatic carboxylic acids is 1. The van der Waals surface area contributed by atoms with Crippen LogP contribution in [0, 0.1) is 5.92 Å². The first-order chi connectivity index (χ1) is 11.1. The SMILES string of the molecule is O=C(O)C=Cc1cnc(NC2CCN(CC3CC3)CC2)c(Cl)c1. The van der Waals surface area contributed by atoms with Gasteiger partial charge in [0.05, 0.1) is 5.02 Å². The highest BCUT2D eigenvalue weighted by molar-refractivity contribution is 6.33. The number of halogens is 1. The van der Waals surface area contributed by atoms with Gasteiger partial charge in [-0.1, -0.05) is 11.6 Å². The second-order valence-corrected chi connectivity index (χ2v) is 6.84. The van der Waals surface area contributed by atoms with E-state index in [4.69, 9.17) is 16.7 Å². The van der Waals surface area contributed by atoms with Gasteiger partial charge >= 0.3 is 5.97 Å². The second-order valence-electron chi connectivity index (χ2n) is 6.43. The molecule has 3 rings (SSSR count). The Morgan fingerprint density at radius 1 is 1.39 bits per heavy atom. The normalized spacial score (nSPS) is 20.0. The topological polar surface area (TPSA) is 65.5 Å². The van der Waals surface area contributed by atoms with Gasteiger partial charge in [-0.15, -0.1) is 0 Å². The van der Waals surface area contributed by atoms with Crippen LogP contribution in [0.5, 0.6) is 0 Å². The third-order valence-electron chi connectivity index (χ3n) is 4.42. The van der Waals surface area contributed by atoms with Crippen molar-refractivity contribution < 1.29 is 9.90 Å². The molecule has 0 atom stereocenters. The average Bonchev–Trinajstić information content (AvgIpc) is 3.33. The van der Waals surface area contributed by atoms with Crippen LogP contribution < -0.4 is 5.32 Å². The van der Waals surface area contributed by atoms with E-state index in [1.165, 1.54) is 25.5 Å². The number of nitrogens with zero attached hydrogens (tertiary/aromatic N) is 2. The average molecular weight is 336 g/mol. The first-order valence-corrected chi connectivity index (χ1v) is 8.53. The van der Waals surface area contributed by atoms with E-state index in [0.29, 0.717) is 22.4 Å². The van der Waals surface area contributed by atoms with Gasteiger partial charge in [0.25, 0.3) is 0 Å². The zero-order chi connectivity index (χ0) is 16.2. The molecule has 124 valence electrons. The van der Waals surface area contributed by atoms with Crippen LogP contribution in [-0.2, 0) is 4.79 Å². The van der Waals surface area contributed by atoms with Crippen molar-refractivity contribution in [2.75, 3.05) is 25.0 Å². The van der Waals surface area contributed by atoms with Crippen LogP contribution in [0.2, 0.25) is 5.02 Å². The molecule has 1 aliphatic heterocycles. The van der Waals surface area contributed by atoms with Crippen LogP contribution in [0.1, 0.15) is 31.2 Å². The fraction of sp³-hybridized carbons (Fsp3) is 0.529. The summed E-state index contributed by atoms with van der Waals surface area (Å²) in [4.78, 5) is 17.4. The molecule has 0 bridgehead atoms. The van der Waals surface area contributed by atoms with Crippen LogP contribution in [0.25, 0.3) is 6.08 Å². The fourth-order valence-electron chi connectivity index (χ4n) is 2.94. The van der Waals surface area contributed by atoms with E-state index in [-0.39, 0.29) is 0 Å². The number of rotatable bonds is 6. The molecule has 2 heterocycles. The summed E-state index contributed by atoms with van der Waals surface area (Å²) >= 11 is 6.25. The van der Waals surface area contributed by atoms with Gasteiger partial charge in [0.1, 0.15) is 5.82 Å². The van der Waals surface area contributed by atoms with Crippen molar-refractivity contribution in [2.24, 2.45) is 5.92 Å². The zero-order valence-electron chi connectivity index (χ0n) is 13.0. The maximum atomic E-state index is 10.5. The summed E-state index contributed by atoms with van der Waals surface area (Å²) in [6, 6.07) is 2.13. The first-order valence-electron chi connectivity index (χ1n) is 8.15. The van der Waals surface area contributed by atoms with Crippen LogP contribution >= 0.6 is 11.6 Å². The Kier molecular flexibility index (Phi) is 5.18. The lowest BCUT2D eigenvalue weighted by Gasteiger charge is -2.32. The molecule has 1 saturated heterocycles. The number of carboxylic acids is 1. The quantitative estimate of drug-likeness (QED) is 0.782. The molecular formula is C17H22ClN3O2. The number of carbonyl (C=O) groups is 1. The highest BCUT2D eigenvalue weighted by Crippen LogP contribution is 2.31. The van der Waals surface area contributed by atoms with E-state index in [9.17, 15) is 4.79 Å². The molecule has 5 nitrogen and oxygen atoms in total.